The van der Waals surface area contributed by atoms with Gasteiger partial charge in [-0.25, -0.2) is 14.2 Å². The molecule has 174 valence electrons. The first-order valence-electron chi connectivity index (χ1n) is 11.0. The highest BCUT2D eigenvalue weighted by Crippen LogP contribution is 2.31. The second kappa shape index (κ2) is 10.0. The highest BCUT2D eigenvalue weighted by atomic mass is 32.2. The van der Waals surface area contributed by atoms with Crippen LogP contribution in [0.3, 0.4) is 0 Å². The number of benzene rings is 2. The van der Waals surface area contributed by atoms with Crippen LogP contribution in [0.15, 0.2) is 56.8 Å². The van der Waals surface area contributed by atoms with Gasteiger partial charge in [-0.2, -0.15) is 4.37 Å². The standard InChI is InChI=1S/C24H22FN5O2S2/c1-15(18-10-3-2-6-16(18)7-4-8-17-9-5-11-26-17)30-20-12-19(25)22(13-21(20)32-24(30)31)33-29-23-27-14-28-34-23/h2-3,6,10,12-15,17,26H,5,8-9,11H2,1H3,(H,27,28,29)/t15-,17?/m1/s1. The van der Waals surface area contributed by atoms with Gasteiger partial charge in [0.15, 0.2) is 5.58 Å². The summed E-state index contributed by atoms with van der Waals surface area (Å²) in [5.41, 5.74) is 2.45. The van der Waals surface area contributed by atoms with Crippen molar-refractivity contribution in [3.8, 4) is 11.8 Å². The Labute approximate surface area is 204 Å². The molecule has 5 rings (SSSR count). The zero-order valence-corrected chi connectivity index (χ0v) is 20.0. The van der Waals surface area contributed by atoms with Crippen molar-refractivity contribution in [3.63, 3.8) is 0 Å². The average molecular weight is 496 g/mol. The average Bonchev–Trinajstić information content (AvgIpc) is 3.59. The predicted octanol–water partition coefficient (Wildman–Crippen LogP) is 4.81. The van der Waals surface area contributed by atoms with Gasteiger partial charge in [-0.3, -0.25) is 4.57 Å². The lowest BCUT2D eigenvalue weighted by Crippen LogP contribution is -2.20. The topological polar surface area (TPSA) is 85.0 Å². The molecule has 0 spiro atoms. The van der Waals surface area contributed by atoms with Crippen molar-refractivity contribution in [1.29, 1.82) is 0 Å². The van der Waals surface area contributed by atoms with E-state index < -0.39 is 11.6 Å². The minimum atomic E-state index is -0.543. The fourth-order valence-corrected chi connectivity index (χ4v) is 5.25. The molecule has 0 saturated carbocycles. The summed E-state index contributed by atoms with van der Waals surface area (Å²) in [4.78, 5) is 17.1. The van der Waals surface area contributed by atoms with Crippen molar-refractivity contribution >= 4 is 39.7 Å². The maximum Gasteiger partial charge on any atom is 0.420 e. The Balaban J connectivity index is 1.44. The lowest BCUT2D eigenvalue weighted by Gasteiger charge is -2.15. The third-order valence-electron chi connectivity index (χ3n) is 5.81. The van der Waals surface area contributed by atoms with Gasteiger partial charge in [0.05, 0.1) is 16.5 Å². The Bertz CT molecular complexity index is 1410. The second-order valence-corrected chi connectivity index (χ2v) is 9.63. The SMILES string of the molecule is C[C@H](c1ccccc1C#CCC1CCCN1)n1c(=O)oc2cc(SNc3ncns3)c(F)cc21. The zero-order valence-electron chi connectivity index (χ0n) is 18.4. The fraction of sp³-hybridized carbons (Fsp3) is 0.292. The summed E-state index contributed by atoms with van der Waals surface area (Å²) in [6, 6.07) is 10.6. The van der Waals surface area contributed by atoms with Crippen LogP contribution in [0.25, 0.3) is 11.1 Å². The highest BCUT2D eigenvalue weighted by Gasteiger charge is 2.21. The molecule has 0 aliphatic carbocycles. The second-order valence-electron chi connectivity index (χ2n) is 8.00. The van der Waals surface area contributed by atoms with Crippen LogP contribution in [0.4, 0.5) is 9.52 Å². The monoisotopic (exact) mass is 495 g/mol. The Morgan fingerprint density at radius 2 is 2.29 bits per heavy atom. The molecule has 3 heterocycles. The highest BCUT2D eigenvalue weighted by molar-refractivity contribution is 8.00. The van der Waals surface area contributed by atoms with Crippen molar-refractivity contribution in [2.75, 3.05) is 11.3 Å². The summed E-state index contributed by atoms with van der Waals surface area (Å²) in [6.07, 6.45) is 4.53. The van der Waals surface area contributed by atoms with E-state index in [0.717, 1.165) is 42.5 Å². The maximum absolute atomic E-state index is 14.9. The molecule has 7 nitrogen and oxygen atoms in total. The van der Waals surface area contributed by atoms with Gasteiger partial charge in [0, 0.05) is 41.7 Å². The lowest BCUT2D eigenvalue weighted by molar-refractivity contribution is 0.489. The van der Waals surface area contributed by atoms with E-state index in [1.54, 1.807) is 0 Å². The quantitative estimate of drug-likeness (QED) is 0.293. The van der Waals surface area contributed by atoms with Crippen LogP contribution in [0.2, 0.25) is 0 Å². The Morgan fingerprint density at radius 3 is 3.09 bits per heavy atom. The van der Waals surface area contributed by atoms with E-state index >= 15 is 0 Å². The molecule has 2 N–H and O–H groups in total. The molecule has 0 radical (unpaired) electrons. The smallest absolute Gasteiger partial charge is 0.408 e. The number of aromatic nitrogens is 3. The van der Waals surface area contributed by atoms with E-state index in [9.17, 15) is 9.18 Å². The molecular formula is C24H22FN5O2S2. The van der Waals surface area contributed by atoms with Gasteiger partial charge in [0.25, 0.3) is 0 Å². The van der Waals surface area contributed by atoms with Gasteiger partial charge in [-0.05, 0) is 49.9 Å². The van der Waals surface area contributed by atoms with Crippen LogP contribution >= 0.6 is 23.5 Å². The zero-order chi connectivity index (χ0) is 23.5. The molecule has 1 saturated heterocycles. The normalized spacial score (nSPS) is 16.4. The van der Waals surface area contributed by atoms with E-state index in [2.05, 4.69) is 31.2 Å². The number of rotatable bonds is 6. The van der Waals surface area contributed by atoms with Crippen LogP contribution in [0, 0.1) is 17.7 Å². The maximum atomic E-state index is 14.9. The van der Waals surface area contributed by atoms with Crippen LogP contribution in [-0.4, -0.2) is 26.5 Å². The van der Waals surface area contributed by atoms with E-state index in [0.29, 0.717) is 27.2 Å². The van der Waals surface area contributed by atoms with Crippen molar-refractivity contribution < 1.29 is 8.81 Å². The van der Waals surface area contributed by atoms with Gasteiger partial charge < -0.3 is 14.5 Å². The van der Waals surface area contributed by atoms with E-state index in [1.165, 1.54) is 41.0 Å². The van der Waals surface area contributed by atoms with Crippen LogP contribution in [0.1, 0.15) is 43.4 Å². The van der Waals surface area contributed by atoms with Crippen LogP contribution in [-0.2, 0) is 0 Å². The predicted molar refractivity (Wildman–Crippen MR) is 133 cm³/mol. The number of hydrogen-bond acceptors (Lipinski definition) is 8. The van der Waals surface area contributed by atoms with Gasteiger partial charge in [-0.1, -0.05) is 30.0 Å². The molecule has 0 amide bonds. The number of halogens is 1. The van der Waals surface area contributed by atoms with Crippen molar-refractivity contribution in [3.05, 3.63) is 70.2 Å². The van der Waals surface area contributed by atoms with Gasteiger partial charge in [0.1, 0.15) is 12.1 Å². The molecular weight excluding hydrogens is 473 g/mol. The summed E-state index contributed by atoms with van der Waals surface area (Å²) < 4.78 is 28.7. The number of nitrogens with zero attached hydrogens (tertiary/aromatic N) is 3. The minimum Gasteiger partial charge on any atom is -0.408 e. The molecule has 2 atom stereocenters. The summed E-state index contributed by atoms with van der Waals surface area (Å²) >= 11 is 2.22. The van der Waals surface area contributed by atoms with E-state index in [1.807, 2.05) is 31.2 Å². The van der Waals surface area contributed by atoms with E-state index in [-0.39, 0.29) is 6.04 Å². The fourth-order valence-electron chi connectivity index (χ4n) is 4.11. The van der Waals surface area contributed by atoms with Crippen molar-refractivity contribution in [2.24, 2.45) is 0 Å². The summed E-state index contributed by atoms with van der Waals surface area (Å²) in [5, 5.41) is 4.00. The van der Waals surface area contributed by atoms with E-state index in [4.69, 9.17) is 4.42 Å². The summed E-state index contributed by atoms with van der Waals surface area (Å²) in [7, 11) is 0. The first kappa shape index (κ1) is 22.7. The molecule has 1 unspecified atom stereocenters. The van der Waals surface area contributed by atoms with Crippen molar-refractivity contribution in [1.82, 2.24) is 19.2 Å². The van der Waals surface area contributed by atoms with Gasteiger partial charge in [-0.15, -0.1) is 0 Å². The summed E-state index contributed by atoms with van der Waals surface area (Å²) in [5.74, 6) is 5.54. The third kappa shape index (κ3) is 4.73. The number of oxazole rings is 1. The molecule has 4 aromatic rings. The Hall–Kier alpha value is -3.13. The lowest BCUT2D eigenvalue weighted by atomic mass is 10.0. The molecule has 2 aromatic carbocycles. The molecule has 34 heavy (non-hydrogen) atoms. The number of anilines is 1. The van der Waals surface area contributed by atoms with Gasteiger partial charge in [0.2, 0.25) is 5.13 Å². The number of nitrogens with one attached hydrogen (secondary N) is 2. The number of fused-ring (bicyclic) bond motifs is 1. The first-order chi connectivity index (χ1) is 16.6. The van der Waals surface area contributed by atoms with Crippen LogP contribution < -0.4 is 15.8 Å². The third-order valence-corrected chi connectivity index (χ3v) is 7.35. The Kier molecular flexibility index (Phi) is 6.67. The first-order valence-corrected chi connectivity index (χ1v) is 12.5. The molecule has 2 aromatic heterocycles. The Morgan fingerprint density at radius 1 is 1.41 bits per heavy atom. The molecule has 0 bridgehead atoms. The number of hydrogen-bond donors (Lipinski definition) is 2. The molecule has 1 fully saturated rings. The van der Waals surface area contributed by atoms with Crippen LogP contribution in [0.5, 0.6) is 0 Å². The van der Waals surface area contributed by atoms with Gasteiger partial charge >= 0.3 is 5.76 Å². The molecule has 1 aliphatic heterocycles. The molecule has 10 heteroatoms. The minimum absolute atomic E-state index is 0.294. The van der Waals surface area contributed by atoms with Crippen molar-refractivity contribution in [2.45, 2.75) is 43.2 Å². The largest absolute Gasteiger partial charge is 0.420 e. The summed E-state index contributed by atoms with van der Waals surface area (Å²) in [6.45, 7) is 2.94. The molecule has 1 aliphatic rings.